The predicted molar refractivity (Wildman–Crippen MR) is 97.9 cm³/mol. The Hall–Kier alpha value is -2.47. The van der Waals surface area contributed by atoms with Gasteiger partial charge in [0.25, 0.3) is 5.91 Å². The van der Waals surface area contributed by atoms with Crippen molar-refractivity contribution in [1.29, 1.82) is 0 Å². The van der Waals surface area contributed by atoms with Gasteiger partial charge in [-0.25, -0.2) is 9.69 Å². The second-order valence-corrected chi connectivity index (χ2v) is 7.29. The Kier molecular flexibility index (Phi) is 3.92. The summed E-state index contributed by atoms with van der Waals surface area (Å²) >= 11 is 1.63. The molecule has 0 aromatic heterocycles. The van der Waals surface area contributed by atoms with E-state index in [1.807, 2.05) is 49.4 Å². The van der Waals surface area contributed by atoms with Gasteiger partial charge < -0.3 is 4.74 Å². The Morgan fingerprint density at radius 3 is 2.56 bits per heavy atom. The third kappa shape index (κ3) is 2.57. The van der Waals surface area contributed by atoms with E-state index in [0.29, 0.717) is 11.4 Å². The highest BCUT2D eigenvalue weighted by molar-refractivity contribution is 7.99. The highest BCUT2D eigenvalue weighted by Crippen LogP contribution is 2.46. The Morgan fingerprint density at radius 2 is 1.88 bits per heavy atom. The highest BCUT2D eigenvalue weighted by Gasteiger charge is 2.53. The number of thioether (sulfide) groups is 1. The zero-order chi connectivity index (χ0) is 17.6. The molecule has 25 heavy (non-hydrogen) atoms. The molecule has 2 fully saturated rings. The lowest BCUT2D eigenvalue weighted by Crippen LogP contribution is -2.33. The van der Waals surface area contributed by atoms with Crippen LogP contribution in [0.2, 0.25) is 0 Å². The molecular weight excluding hydrogens is 336 g/mol. The summed E-state index contributed by atoms with van der Waals surface area (Å²) in [7, 11) is 1.62. The second kappa shape index (κ2) is 6.11. The number of amides is 3. The zero-order valence-electron chi connectivity index (χ0n) is 14.0. The first-order valence-electron chi connectivity index (χ1n) is 8.08. The fourth-order valence-corrected chi connectivity index (χ4v) is 4.73. The van der Waals surface area contributed by atoms with Crippen molar-refractivity contribution in [3.8, 4) is 5.75 Å². The molecular formula is C19H18N2O3S. The van der Waals surface area contributed by atoms with Gasteiger partial charge in [-0.3, -0.25) is 9.69 Å². The normalized spacial score (nSPS) is 22.5. The molecule has 2 saturated heterocycles. The van der Waals surface area contributed by atoms with Gasteiger partial charge in [-0.05, 0) is 42.3 Å². The number of benzene rings is 2. The highest BCUT2D eigenvalue weighted by atomic mass is 32.2. The first-order valence-corrected chi connectivity index (χ1v) is 9.13. The van der Waals surface area contributed by atoms with Crippen molar-refractivity contribution in [3.63, 3.8) is 0 Å². The lowest BCUT2D eigenvalue weighted by Gasteiger charge is -2.23. The number of methoxy groups -OCH3 is 1. The zero-order valence-corrected chi connectivity index (χ0v) is 14.8. The Morgan fingerprint density at radius 1 is 1.12 bits per heavy atom. The lowest BCUT2D eigenvalue weighted by atomic mass is 10.2. The summed E-state index contributed by atoms with van der Waals surface area (Å²) in [5.74, 6) is 1.25. The molecule has 0 aliphatic carbocycles. The van der Waals surface area contributed by atoms with Gasteiger partial charge in [-0.15, -0.1) is 11.8 Å². The van der Waals surface area contributed by atoms with E-state index in [1.54, 1.807) is 29.8 Å². The SMILES string of the molecule is COc1ccc(C2SC[C@@H]3C(=O)N(c4cccc(C)c4)C(=O)N23)cc1. The number of fused-ring (bicyclic) bond motifs is 1. The minimum Gasteiger partial charge on any atom is -0.497 e. The van der Waals surface area contributed by atoms with E-state index in [9.17, 15) is 9.59 Å². The van der Waals surface area contributed by atoms with Crippen LogP contribution in [0.1, 0.15) is 16.5 Å². The number of aryl methyl sites for hydroxylation is 1. The minimum absolute atomic E-state index is 0.140. The number of rotatable bonds is 3. The van der Waals surface area contributed by atoms with Crippen molar-refractivity contribution in [2.24, 2.45) is 0 Å². The minimum atomic E-state index is -0.398. The van der Waals surface area contributed by atoms with Gasteiger partial charge in [0.2, 0.25) is 0 Å². The Bertz CT molecular complexity index is 837. The number of ether oxygens (including phenoxy) is 1. The van der Waals surface area contributed by atoms with Crippen molar-refractivity contribution in [1.82, 2.24) is 4.90 Å². The summed E-state index contributed by atoms with van der Waals surface area (Å²) in [6, 6.07) is 14.5. The van der Waals surface area contributed by atoms with Crippen molar-refractivity contribution < 1.29 is 14.3 Å². The van der Waals surface area contributed by atoms with Crippen LogP contribution in [0, 0.1) is 6.92 Å². The predicted octanol–water partition coefficient (Wildman–Crippen LogP) is 3.59. The molecule has 5 nitrogen and oxygen atoms in total. The molecule has 2 atom stereocenters. The molecule has 0 N–H and O–H groups in total. The van der Waals surface area contributed by atoms with Crippen molar-refractivity contribution in [3.05, 3.63) is 59.7 Å². The Labute approximate surface area is 150 Å². The first kappa shape index (κ1) is 16.0. The van der Waals surface area contributed by atoms with Gasteiger partial charge in [0.1, 0.15) is 17.2 Å². The largest absolute Gasteiger partial charge is 0.497 e. The quantitative estimate of drug-likeness (QED) is 0.791. The van der Waals surface area contributed by atoms with Gasteiger partial charge >= 0.3 is 6.03 Å². The average molecular weight is 354 g/mol. The number of imide groups is 1. The molecule has 2 heterocycles. The standard InChI is InChI=1S/C19H18N2O3S/c1-12-4-3-5-14(10-12)20-17(22)16-11-25-18(21(16)19(20)23)13-6-8-15(24-2)9-7-13/h3-10,16,18H,11H2,1-2H3/t16-,18?/m1/s1. The van der Waals surface area contributed by atoms with Gasteiger partial charge in [0.15, 0.2) is 0 Å². The van der Waals surface area contributed by atoms with E-state index in [1.165, 1.54) is 4.90 Å². The molecule has 1 unspecified atom stereocenters. The van der Waals surface area contributed by atoms with E-state index in [-0.39, 0.29) is 17.3 Å². The van der Waals surface area contributed by atoms with Crippen LogP contribution in [0.5, 0.6) is 5.75 Å². The lowest BCUT2D eigenvalue weighted by molar-refractivity contribution is -0.119. The van der Waals surface area contributed by atoms with Gasteiger partial charge in [0.05, 0.1) is 12.8 Å². The maximum absolute atomic E-state index is 13.0. The number of anilines is 1. The van der Waals surface area contributed by atoms with Crippen LogP contribution in [0.4, 0.5) is 10.5 Å². The van der Waals surface area contributed by atoms with E-state index >= 15 is 0 Å². The topological polar surface area (TPSA) is 49.9 Å². The van der Waals surface area contributed by atoms with Crippen molar-refractivity contribution in [2.45, 2.75) is 18.3 Å². The van der Waals surface area contributed by atoms with E-state index < -0.39 is 6.04 Å². The van der Waals surface area contributed by atoms with Crippen LogP contribution in [0.3, 0.4) is 0 Å². The third-order valence-electron chi connectivity index (χ3n) is 4.58. The third-order valence-corrected chi connectivity index (χ3v) is 5.90. The molecule has 2 aliphatic heterocycles. The van der Waals surface area contributed by atoms with Gasteiger partial charge in [-0.1, -0.05) is 24.3 Å². The molecule has 4 rings (SSSR count). The number of hydrogen-bond donors (Lipinski definition) is 0. The van der Waals surface area contributed by atoms with Gasteiger partial charge in [0, 0.05) is 5.75 Å². The average Bonchev–Trinajstić information content (AvgIpc) is 3.16. The fourth-order valence-electron chi connectivity index (χ4n) is 3.32. The molecule has 3 amide bonds. The van der Waals surface area contributed by atoms with E-state index in [4.69, 9.17) is 4.74 Å². The van der Waals surface area contributed by atoms with E-state index in [0.717, 1.165) is 16.9 Å². The number of urea groups is 1. The second-order valence-electron chi connectivity index (χ2n) is 6.18. The van der Waals surface area contributed by atoms with Crippen LogP contribution in [-0.2, 0) is 4.79 Å². The molecule has 0 bridgehead atoms. The number of carbonyl (C=O) groups excluding carboxylic acids is 2. The van der Waals surface area contributed by atoms with Crippen molar-refractivity contribution >= 4 is 29.4 Å². The number of carbonyl (C=O) groups is 2. The molecule has 0 radical (unpaired) electrons. The maximum atomic E-state index is 13.0. The summed E-state index contributed by atoms with van der Waals surface area (Å²) in [6.07, 6.45) is 0. The molecule has 2 aromatic rings. The van der Waals surface area contributed by atoms with E-state index in [2.05, 4.69) is 0 Å². The molecule has 2 aliphatic rings. The monoisotopic (exact) mass is 354 g/mol. The first-order chi connectivity index (χ1) is 12.1. The van der Waals surface area contributed by atoms with Crippen molar-refractivity contribution in [2.75, 3.05) is 17.8 Å². The molecule has 128 valence electrons. The maximum Gasteiger partial charge on any atom is 0.333 e. The molecule has 6 heteroatoms. The summed E-state index contributed by atoms with van der Waals surface area (Å²) in [4.78, 5) is 28.8. The van der Waals surface area contributed by atoms with Crippen LogP contribution < -0.4 is 9.64 Å². The van der Waals surface area contributed by atoms with Crippen LogP contribution in [-0.4, -0.2) is 35.7 Å². The van der Waals surface area contributed by atoms with Crippen LogP contribution >= 0.6 is 11.8 Å². The summed E-state index contributed by atoms with van der Waals surface area (Å²) in [5.41, 5.74) is 2.66. The summed E-state index contributed by atoms with van der Waals surface area (Å²) in [6.45, 7) is 1.95. The summed E-state index contributed by atoms with van der Waals surface area (Å²) in [5, 5.41) is -0.151. The summed E-state index contributed by atoms with van der Waals surface area (Å²) < 4.78 is 5.19. The Balaban J connectivity index is 1.66. The fraction of sp³-hybridized carbons (Fsp3) is 0.263. The molecule has 2 aromatic carbocycles. The van der Waals surface area contributed by atoms with Crippen LogP contribution in [0.15, 0.2) is 48.5 Å². The molecule has 0 spiro atoms. The number of nitrogens with zero attached hydrogens (tertiary/aromatic N) is 2. The van der Waals surface area contributed by atoms with Gasteiger partial charge in [-0.2, -0.15) is 0 Å². The van der Waals surface area contributed by atoms with Crippen LogP contribution in [0.25, 0.3) is 0 Å². The smallest absolute Gasteiger partial charge is 0.333 e. The molecule has 0 saturated carbocycles. The number of hydrogen-bond acceptors (Lipinski definition) is 4.